The predicted molar refractivity (Wildman–Crippen MR) is 132 cm³/mol. The molecule has 1 amide bonds. The van der Waals surface area contributed by atoms with E-state index < -0.39 is 5.97 Å². The van der Waals surface area contributed by atoms with Crippen molar-refractivity contribution in [2.24, 2.45) is 5.10 Å². The minimum atomic E-state index is -0.448. The summed E-state index contributed by atoms with van der Waals surface area (Å²) in [6.45, 7) is 2.76. The highest BCUT2D eigenvalue weighted by Gasteiger charge is 2.09. The van der Waals surface area contributed by atoms with E-state index >= 15 is 0 Å². The van der Waals surface area contributed by atoms with Gasteiger partial charge in [-0.3, -0.25) is 4.79 Å². The molecule has 0 fully saturated rings. The van der Waals surface area contributed by atoms with Crippen LogP contribution in [0.3, 0.4) is 0 Å². The molecular weight excluding hydrogens is 519 g/mol. The van der Waals surface area contributed by atoms with Crippen LogP contribution in [0.15, 0.2) is 77.9 Å². The Morgan fingerprint density at radius 3 is 2.34 bits per heavy atom. The zero-order chi connectivity index (χ0) is 22.8. The van der Waals surface area contributed by atoms with E-state index in [1.807, 2.05) is 12.1 Å². The van der Waals surface area contributed by atoms with Crippen molar-refractivity contribution in [3.05, 3.63) is 93.1 Å². The lowest BCUT2D eigenvalue weighted by atomic mass is 10.2. The first kappa shape index (κ1) is 23.5. The summed E-state index contributed by atoms with van der Waals surface area (Å²) in [4.78, 5) is 24.5. The summed E-state index contributed by atoms with van der Waals surface area (Å²) in [6, 6.07) is 21.0. The van der Waals surface area contributed by atoms with Crippen molar-refractivity contribution in [1.29, 1.82) is 0 Å². The molecule has 0 unspecified atom stereocenters. The molecule has 0 saturated heterocycles. The molecule has 0 atom stereocenters. The standard InChI is InChI=1S/C25H23IN2O4/c1-2-3-16-31-20-14-10-19(11-15-20)25(30)32-21-12-8-18(9-13-21)17-27-28-24(29)22-6-4-5-7-23(22)26/h4-15,17H,2-3,16H2,1H3,(H,28,29)/b27-17+. The fourth-order valence-electron chi connectivity index (χ4n) is 2.68. The van der Waals surface area contributed by atoms with E-state index in [4.69, 9.17) is 9.47 Å². The lowest BCUT2D eigenvalue weighted by molar-refractivity contribution is 0.0734. The number of unbranched alkanes of at least 4 members (excludes halogenated alkanes) is 1. The molecule has 6 nitrogen and oxygen atoms in total. The number of halogens is 1. The van der Waals surface area contributed by atoms with Crippen LogP contribution < -0.4 is 14.9 Å². The van der Waals surface area contributed by atoms with Gasteiger partial charge in [0, 0.05) is 3.57 Å². The van der Waals surface area contributed by atoms with Gasteiger partial charge in [0.05, 0.1) is 23.9 Å². The van der Waals surface area contributed by atoms with Gasteiger partial charge in [-0.05, 0) is 95.2 Å². The van der Waals surface area contributed by atoms with Crippen molar-refractivity contribution in [2.45, 2.75) is 19.8 Å². The number of hydrogen-bond acceptors (Lipinski definition) is 5. The Bertz CT molecular complexity index is 1080. The third-order valence-corrected chi connectivity index (χ3v) is 5.39. The molecule has 0 saturated carbocycles. The van der Waals surface area contributed by atoms with Gasteiger partial charge in [-0.15, -0.1) is 0 Å². The van der Waals surface area contributed by atoms with Gasteiger partial charge < -0.3 is 9.47 Å². The molecule has 3 aromatic carbocycles. The molecule has 0 aliphatic heterocycles. The normalized spacial score (nSPS) is 10.7. The zero-order valence-electron chi connectivity index (χ0n) is 17.6. The van der Waals surface area contributed by atoms with Crippen LogP contribution in [0.4, 0.5) is 0 Å². The number of esters is 1. The van der Waals surface area contributed by atoms with Gasteiger partial charge in [0.15, 0.2) is 0 Å². The van der Waals surface area contributed by atoms with E-state index in [0.717, 1.165) is 27.7 Å². The maximum atomic E-state index is 12.3. The van der Waals surface area contributed by atoms with E-state index in [1.54, 1.807) is 60.7 Å². The number of carbonyl (C=O) groups is 2. The van der Waals surface area contributed by atoms with E-state index in [1.165, 1.54) is 6.21 Å². The number of nitrogens with zero attached hydrogens (tertiary/aromatic N) is 1. The molecule has 164 valence electrons. The topological polar surface area (TPSA) is 77.0 Å². The number of amides is 1. The summed E-state index contributed by atoms with van der Waals surface area (Å²) in [5.74, 6) is 0.417. The molecule has 0 aliphatic rings. The number of carbonyl (C=O) groups excluding carboxylic acids is 2. The summed E-state index contributed by atoms with van der Waals surface area (Å²) >= 11 is 2.10. The summed E-state index contributed by atoms with van der Waals surface area (Å²) in [5.41, 5.74) is 4.26. The van der Waals surface area contributed by atoms with E-state index in [-0.39, 0.29) is 5.91 Å². The Labute approximate surface area is 200 Å². The number of benzene rings is 3. The van der Waals surface area contributed by atoms with Crippen LogP contribution in [0.25, 0.3) is 0 Å². The van der Waals surface area contributed by atoms with Gasteiger partial charge >= 0.3 is 5.97 Å². The van der Waals surface area contributed by atoms with E-state index in [9.17, 15) is 9.59 Å². The molecule has 0 radical (unpaired) electrons. The minimum Gasteiger partial charge on any atom is -0.494 e. The summed E-state index contributed by atoms with van der Waals surface area (Å²) in [5, 5.41) is 3.98. The van der Waals surface area contributed by atoms with Crippen molar-refractivity contribution in [3.63, 3.8) is 0 Å². The summed E-state index contributed by atoms with van der Waals surface area (Å²) < 4.78 is 11.9. The Morgan fingerprint density at radius 2 is 1.66 bits per heavy atom. The van der Waals surface area contributed by atoms with Gasteiger partial charge in [-0.25, -0.2) is 10.2 Å². The van der Waals surface area contributed by atoms with Crippen LogP contribution >= 0.6 is 22.6 Å². The summed E-state index contributed by atoms with van der Waals surface area (Å²) in [7, 11) is 0. The monoisotopic (exact) mass is 542 g/mol. The van der Waals surface area contributed by atoms with Crippen LogP contribution in [-0.2, 0) is 0 Å². The predicted octanol–water partition coefficient (Wildman–Crippen LogP) is 5.45. The Balaban J connectivity index is 1.52. The number of nitrogens with one attached hydrogen (secondary N) is 1. The Hall–Kier alpha value is -3.20. The third kappa shape index (κ3) is 6.91. The number of rotatable bonds is 9. The first-order valence-electron chi connectivity index (χ1n) is 10.2. The fraction of sp³-hybridized carbons (Fsp3) is 0.160. The first-order chi connectivity index (χ1) is 15.6. The molecular formula is C25H23IN2O4. The van der Waals surface area contributed by atoms with Gasteiger partial charge in [-0.2, -0.15) is 5.10 Å². The fourth-order valence-corrected chi connectivity index (χ4v) is 3.31. The average molecular weight is 542 g/mol. The third-order valence-electron chi connectivity index (χ3n) is 4.45. The van der Waals surface area contributed by atoms with Gasteiger partial charge in [-0.1, -0.05) is 25.5 Å². The lowest BCUT2D eigenvalue weighted by Crippen LogP contribution is -2.18. The first-order valence-corrected chi connectivity index (χ1v) is 11.3. The molecule has 0 aliphatic carbocycles. The van der Waals surface area contributed by atoms with Gasteiger partial charge in [0.25, 0.3) is 5.91 Å². The average Bonchev–Trinajstić information content (AvgIpc) is 2.81. The maximum absolute atomic E-state index is 12.3. The van der Waals surface area contributed by atoms with Crippen molar-refractivity contribution in [3.8, 4) is 11.5 Å². The molecule has 32 heavy (non-hydrogen) atoms. The van der Waals surface area contributed by atoms with Crippen LogP contribution in [0.2, 0.25) is 0 Å². The Morgan fingerprint density at radius 1 is 0.969 bits per heavy atom. The van der Waals surface area contributed by atoms with E-state index in [0.29, 0.717) is 23.5 Å². The molecule has 0 spiro atoms. The van der Waals surface area contributed by atoms with Crippen LogP contribution in [0.5, 0.6) is 11.5 Å². The van der Waals surface area contributed by atoms with Crippen molar-refractivity contribution >= 4 is 40.7 Å². The second kappa shape index (κ2) is 12.0. The highest BCUT2D eigenvalue weighted by Crippen LogP contribution is 2.17. The second-order valence-corrected chi connectivity index (χ2v) is 8.03. The second-order valence-electron chi connectivity index (χ2n) is 6.86. The smallest absolute Gasteiger partial charge is 0.343 e. The maximum Gasteiger partial charge on any atom is 0.343 e. The van der Waals surface area contributed by atoms with Crippen LogP contribution in [-0.4, -0.2) is 24.7 Å². The molecule has 0 aromatic heterocycles. The highest BCUT2D eigenvalue weighted by atomic mass is 127. The largest absolute Gasteiger partial charge is 0.494 e. The molecule has 0 heterocycles. The Kier molecular flexibility index (Phi) is 8.79. The SMILES string of the molecule is CCCCOc1ccc(C(=O)Oc2ccc(/C=N/NC(=O)c3ccccc3I)cc2)cc1. The van der Waals surface area contributed by atoms with Crippen molar-refractivity contribution in [1.82, 2.24) is 5.43 Å². The van der Waals surface area contributed by atoms with Gasteiger partial charge in [0.1, 0.15) is 11.5 Å². The minimum absolute atomic E-state index is 0.279. The lowest BCUT2D eigenvalue weighted by Gasteiger charge is -2.07. The molecule has 0 bridgehead atoms. The van der Waals surface area contributed by atoms with Crippen molar-refractivity contribution < 1.29 is 19.1 Å². The molecule has 3 aromatic rings. The van der Waals surface area contributed by atoms with Gasteiger partial charge in [0.2, 0.25) is 0 Å². The quantitative estimate of drug-likeness (QED) is 0.0975. The number of hydrogen-bond donors (Lipinski definition) is 1. The number of hydrazone groups is 1. The van der Waals surface area contributed by atoms with E-state index in [2.05, 4.69) is 40.0 Å². The summed E-state index contributed by atoms with van der Waals surface area (Å²) in [6.07, 6.45) is 3.58. The number of ether oxygens (including phenoxy) is 2. The zero-order valence-corrected chi connectivity index (χ0v) is 19.7. The van der Waals surface area contributed by atoms with Crippen LogP contribution in [0.1, 0.15) is 46.0 Å². The van der Waals surface area contributed by atoms with Crippen LogP contribution in [0, 0.1) is 3.57 Å². The molecule has 1 N–H and O–H groups in total. The molecule has 7 heteroatoms. The molecule has 3 rings (SSSR count). The van der Waals surface area contributed by atoms with Crippen molar-refractivity contribution in [2.75, 3.05) is 6.61 Å². The highest BCUT2D eigenvalue weighted by molar-refractivity contribution is 14.1.